The highest BCUT2D eigenvalue weighted by atomic mass is 31.2. The first kappa shape index (κ1) is 56.4. The summed E-state index contributed by atoms with van der Waals surface area (Å²) in [6.45, 7) is 3.86. The molecule has 60 heavy (non-hydrogen) atoms. The van der Waals surface area contributed by atoms with E-state index in [-0.39, 0.29) is 26.1 Å². The van der Waals surface area contributed by atoms with Crippen LogP contribution in [0.4, 0.5) is 0 Å². The molecular formula is C50H80NO8P. The van der Waals surface area contributed by atoms with Gasteiger partial charge in [0.25, 0.3) is 7.82 Å². The van der Waals surface area contributed by atoms with Crippen molar-refractivity contribution in [1.29, 1.82) is 0 Å². The number of likely N-dealkylation sites (N-methyl/N-ethyl adjacent to an activating group) is 1. The van der Waals surface area contributed by atoms with Crippen LogP contribution in [-0.2, 0) is 32.7 Å². The second kappa shape index (κ2) is 40.8. The highest BCUT2D eigenvalue weighted by molar-refractivity contribution is 7.45. The fourth-order valence-corrected chi connectivity index (χ4v) is 5.79. The lowest BCUT2D eigenvalue weighted by molar-refractivity contribution is -0.870. The summed E-state index contributed by atoms with van der Waals surface area (Å²) in [7, 11) is 1.09. The van der Waals surface area contributed by atoms with E-state index in [0.717, 1.165) is 89.9 Å². The summed E-state index contributed by atoms with van der Waals surface area (Å²) in [5.41, 5.74) is 0. The predicted molar refractivity (Wildman–Crippen MR) is 249 cm³/mol. The molecule has 0 bridgehead atoms. The topological polar surface area (TPSA) is 111 Å². The van der Waals surface area contributed by atoms with Crippen LogP contribution in [-0.4, -0.2) is 70.0 Å². The molecule has 0 saturated carbocycles. The van der Waals surface area contributed by atoms with Crippen LogP contribution < -0.4 is 4.89 Å². The summed E-state index contributed by atoms with van der Waals surface area (Å²) in [6, 6.07) is 0. The highest BCUT2D eigenvalue weighted by Gasteiger charge is 2.21. The van der Waals surface area contributed by atoms with Crippen LogP contribution in [0.2, 0.25) is 0 Å². The number of ether oxygens (including phenoxy) is 2. The second-order valence-corrected chi connectivity index (χ2v) is 16.7. The zero-order chi connectivity index (χ0) is 44.3. The van der Waals surface area contributed by atoms with Crippen molar-refractivity contribution in [3.63, 3.8) is 0 Å². The van der Waals surface area contributed by atoms with E-state index in [0.29, 0.717) is 23.9 Å². The minimum absolute atomic E-state index is 0.0542. The van der Waals surface area contributed by atoms with E-state index < -0.39 is 32.5 Å². The van der Waals surface area contributed by atoms with Gasteiger partial charge in [0, 0.05) is 12.8 Å². The smallest absolute Gasteiger partial charge is 0.306 e. The summed E-state index contributed by atoms with van der Waals surface area (Å²) in [6.07, 6.45) is 56.6. The molecule has 0 radical (unpaired) electrons. The van der Waals surface area contributed by atoms with Crippen molar-refractivity contribution in [3.05, 3.63) is 122 Å². The molecule has 0 aliphatic rings. The Morgan fingerprint density at radius 3 is 1.27 bits per heavy atom. The van der Waals surface area contributed by atoms with Crippen molar-refractivity contribution in [3.8, 4) is 0 Å². The van der Waals surface area contributed by atoms with Gasteiger partial charge in [0.2, 0.25) is 0 Å². The molecule has 0 heterocycles. The van der Waals surface area contributed by atoms with E-state index >= 15 is 0 Å². The fourth-order valence-electron chi connectivity index (χ4n) is 5.06. The first-order chi connectivity index (χ1) is 29.0. The van der Waals surface area contributed by atoms with E-state index in [2.05, 4.69) is 135 Å². The zero-order valence-corrected chi connectivity index (χ0v) is 38.7. The maximum atomic E-state index is 12.7. The van der Waals surface area contributed by atoms with Crippen LogP contribution in [0.5, 0.6) is 0 Å². The van der Waals surface area contributed by atoms with Crippen LogP contribution in [0.1, 0.15) is 129 Å². The third-order valence-corrected chi connectivity index (χ3v) is 9.44. The Bertz CT molecular complexity index is 1430. The van der Waals surface area contributed by atoms with Gasteiger partial charge in [-0.1, -0.05) is 135 Å². The number of carbonyl (C=O) groups excluding carboxylic acids is 2. The van der Waals surface area contributed by atoms with Crippen LogP contribution in [0, 0.1) is 0 Å². The molecule has 0 rings (SSSR count). The number of unbranched alkanes of at least 4 members (excludes halogenated alkanes) is 4. The molecule has 0 spiro atoms. The maximum Gasteiger partial charge on any atom is 0.306 e. The van der Waals surface area contributed by atoms with Crippen molar-refractivity contribution >= 4 is 19.8 Å². The number of hydrogen-bond acceptors (Lipinski definition) is 8. The van der Waals surface area contributed by atoms with E-state index in [1.807, 2.05) is 21.1 Å². The Kier molecular flexibility index (Phi) is 38.4. The normalized spacial score (nSPS) is 14.7. The van der Waals surface area contributed by atoms with Gasteiger partial charge in [-0.3, -0.25) is 14.2 Å². The Morgan fingerprint density at radius 1 is 0.517 bits per heavy atom. The highest BCUT2D eigenvalue weighted by Crippen LogP contribution is 2.38. The molecule has 0 aromatic rings. The van der Waals surface area contributed by atoms with Crippen LogP contribution in [0.25, 0.3) is 0 Å². The molecule has 0 aromatic heterocycles. The predicted octanol–water partition coefficient (Wildman–Crippen LogP) is 12.3. The molecule has 338 valence electrons. The van der Waals surface area contributed by atoms with Gasteiger partial charge in [-0.25, -0.2) is 0 Å². The van der Waals surface area contributed by atoms with Gasteiger partial charge in [0.15, 0.2) is 6.10 Å². The monoisotopic (exact) mass is 854 g/mol. The van der Waals surface area contributed by atoms with Crippen LogP contribution in [0.15, 0.2) is 122 Å². The van der Waals surface area contributed by atoms with Crippen molar-refractivity contribution in [2.24, 2.45) is 0 Å². The molecule has 2 atom stereocenters. The van der Waals surface area contributed by atoms with E-state index in [9.17, 15) is 19.0 Å². The van der Waals surface area contributed by atoms with E-state index in [1.54, 1.807) is 0 Å². The van der Waals surface area contributed by atoms with Crippen LogP contribution >= 0.6 is 7.82 Å². The Morgan fingerprint density at radius 2 is 0.883 bits per heavy atom. The lowest BCUT2D eigenvalue weighted by atomic mass is 10.1. The third-order valence-electron chi connectivity index (χ3n) is 8.48. The Balaban J connectivity index is 4.53. The second-order valence-electron chi connectivity index (χ2n) is 15.3. The van der Waals surface area contributed by atoms with Crippen molar-refractivity contribution in [2.45, 2.75) is 136 Å². The zero-order valence-electron chi connectivity index (χ0n) is 37.8. The van der Waals surface area contributed by atoms with Crippen molar-refractivity contribution < 1.29 is 42.1 Å². The fraction of sp³-hybridized carbons (Fsp3) is 0.560. The van der Waals surface area contributed by atoms with Crippen molar-refractivity contribution in [2.75, 3.05) is 47.5 Å². The number of phosphoric acid groups is 1. The molecule has 0 aliphatic carbocycles. The lowest BCUT2D eigenvalue weighted by Crippen LogP contribution is -2.37. The minimum Gasteiger partial charge on any atom is -0.756 e. The number of carbonyl (C=O) groups is 2. The number of rotatable bonds is 38. The number of phosphoric ester groups is 1. The molecule has 0 aromatic carbocycles. The number of quaternary nitrogens is 1. The van der Waals surface area contributed by atoms with Gasteiger partial charge in [0.1, 0.15) is 19.8 Å². The molecule has 9 nitrogen and oxygen atoms in total. The average molecular weight is 854 g/mol. The number of hydrogen-bond donors (Lipinski definition) is 0. The Labute approximate surface area is 365 Å². The molecule has 2 unspecified atom stereocenters. The summed E-state index contributed by atoms with van der Waals surface area (Å²) in [5, 5.41) is 0. The SMILES string of the molecule is CC/C=C\C/C=C\C/C=C\C/C=C\C/C=C\C/C=C\CCCCC(=O)OC(COC(=O)CCCC/C=C\C/C=C\C/C=C\C/C=C\CC)COP(=O)([O-])OCC[N+](C)(C)C. The van der Waals surface area contributed by atoms with Gasteiger partial charge in [0.05, 0.1) is 27.7 Å². The molecule has 0 fully saturated rings. The van der Waals surface area contributed by atoms with E-state index in [1.165, 1.54) is 0 Å². The van der Waals surface area contributed by atoms with Gasteiger partial charge in [-0.2, -0.15) is 0 Å². The standard InChI is InChI=1S/C50H80NO8P/c1-6-8-10-12-14-16-18-20-22-23-24-25-26-27-29-31-33-35-37-39-41-43-50(53)59-48(47-58-60(54,55)57-45-44-51(3,4)5)46-56-49(52)42-40-38-36-34-32-30-28-21-19-17-15-13-11-9-7-2/h8-11,14-17,20-22,24-25,27-29,32-35,48H,6-7,12-13,18-19,23,26,30-31,36-47H2,1-5H3/b10-8-,11-9-,16-14-,17-15-,22-20-,25-24-,28-21-,29-27-,34-32-,35-33-. The average Bonchev–Trinajstić information content (AvgIpc) is 3.20. The number of esters is 2. The number of allylic oxidation sites excluding steroid dienone is 20. The quantitative estimate of drug-likeness (QED) is 0.0198. The minimum atomic E-state index is -4.66. The first-order valence-corrected chi connectivity index (χ1v) is 23.7. The molecular weight excluding hydrogens is 774 g/mol. The van der Waals surface area contributed by atoms with Gasteiger partial charge >= 0.3 is 11.9 Å². The van der Waals surface area contributed by atoms with E-state index in [4.69, 9.17) is 18.5 Å². The maximum absolute atomic E-state index is 12.7. The number of nitrogens with zero attached hydrogens (tertiary/aromatic N) is 1. The summed E-state index contributed by atoms with van der Waals surface area (Å²) < 4.78 is 33.8. The molecule has 0 N–H and O–H groups in total. The Hall–Kier alpha value is -3.59. The van der Waals surface area contributed by atoms with Crippen LogP contribution in [0.3, 0.4) is 0 Å². The molecule has 0 aliphatic heterocycles. The van der Waals surface area contributed by atoms with Gasteiger partial charge in [-0.05, 0) is 103 Å². The summed E-state index contributed by atoms with van der Waals surface area (Å²) >= 11 is 0. The first-order valence-electron chi connectivity index (χ1n) is 22.2. The summed E-state index contributed by atoms with van der Waals surface area (Å²) in [4.78, 5) is 37.5. The molecule has 0 amide bonds. The van der Waals surface area contributed by atoms with Gasteiger partial charge < -0.3 is 27.9 Å². The molecule has 10 heteroatoms. The third kappa shape index (κ3) is 44.0. The summed E-state index contributed by atoms with van der Waals surface area (Å²) in [5.74, 6) is -0.950. The molecule has 0 saturated heterocycles. The largest absolute Gasteiger partial charge is 0.756 e. The van der Waals surface area contributed by atoms with Crippen molar-refractivity contribution in [1.82, 2.24) is 0 Å². The lowest BCUT2D eigenvalue weighted by Gasteiger charge is -2.28. The van der Waals surface area contributed by atoms with Gasteiger partial charge in [-0.15, -0.1) is 0 Å².